The first kappa shape index (κ1) is 28.4. The van der Waals surface area contributed by atoms with Gasteiger partial charge in [-0.3, -0.25) is 14.6 Å². The molecular formula is C35H41N5O. The summed E-state index contributed by atoms with van der Waals surface area (Å²) in [4.78, 5) is 18.5. The van der Waals surface area contributed by atoms with Crippen LogP contribution < -0.4 is 16.0 Å². The van der Waals surface area contributed by atoms with Crippen LogP contribution in [-0.2, 0) is 11.2 Å². The van der Waals surface area contributed by atoms with E-state index in [2.05, 4.69) is 111 Å². The molecule has 1 saturated heterocycles. The third-order valence-corrected chi connectivity index (χ3v) is 8.09. The number of rotatable bonds is 11. The third kappa shape index (κ3) is 7.15. The average molecular weight is 548 g/mol. The molecule has 0 aliphatic carbocycles. The van der Waals surface area contributed by atoms with Gasteiger partial charge in [-0.25, -0.2) is 0 Å². The van der Waals surface area contributed by atoms with Gasteiger partial charge in [0, 0.05) is 58.4 Å². The van der Waals surface area contributed by atoms with Crippen molar-refractivity contribution in [1.82, 2.24) is 9.80 Å². The highest BCUT2D eigenvalue weighted by atomic mass is 16.1. The topological polar surface area (TPSA) is 59.6 Å². The van der Waals surface area contributed by atoms with E-state index in [0.717, 1.165) is 49.7 Å². The van der Waals surface area contributed by atoms with Gasteiger partial charge in [0.15, 0.2) is 0 Å². The van der Waals surface area contributed by atoms with Gasteiger partial charge < -0.3 is 16.0 Å². The summed E-state index contributed by atoms with van der Waals surface area (Å²) >= 11 is 0. The highest BCUT2D eigenvalue weighted by molar-refractivity contribution is 5.94. The summed E-state index contributed by atoms with van der Waals surface area (Å²) in [6.45, 7) is 3.68. The monoisotopic (exact) mass is 547 g/mol. The summed E-state index contributed by atoms with van der Waals surface area (Å²) in [6.07, 6.45) is 1.23. The van der Waals surface area contributed by atoms with Gasteiger partial charge >= 0.3 is 0 Å². The molecule has 4 aromatic rings. The van der Waals surface area contributed by atoms with E-state index < -0.39 is 0 Å². The number of benzene rings is 4. The molecule has 6 nitrogen and oxygen atoms in total. The van der Waals surface area contributed by atoms with Crippen LogP contribution in [0.3, 0.4) is 0 Å². The molecule has 0 aromatic heterocycles. The Bertz CT molecular complexity index is 1350. The molecule has 1 heterocycles. The Hall–Kier alpha value is -4.13. The Morgan fingerprint density at radius 1 is 0.634 bits per heavy atom. The molecule has 1 fully saturated rings. The first-order valence-corrected chi connectivity index (χ1v) is 14.6. The minimum atomic E-state index is 0.0357. The molecule has 4 aromatic carbocycles. The molecular weight excluding hydrogens is 506 g/mol. The predicted octanol–water partition coefficient (Wildman–Crippen LogP) is 6.12. The molecule has 1 amide bonds. The number of hydrogen-bond donors (Lipinski definition) is 3. The smallest absolute Gasteiger partial charge is 0.226 e. The third-order valence-electron chi connectivity index (χ3n) is 8.09. The summed E-state index contributed by atoms with van der Waals surface area (Å²) in [7, 11) is 3.83. The lowest BCUT2D eigenvalue weighted by Gasteiger charge is -2.42. The summed E-state index contributed by atoms with van der Waals surface area (Å²) in [6, 6.07) is 38.1. The van der Waals surface area contributed by atoms with Crippen molar-refractivity contribution in [2.45, 2.75) is 24.9 Å². The molecule has 6 heteroatoms. The normalized spacial score (nSPS) is 14.9. The highest BCUT2D eigenvalue weighted by Gasteiger charge is 2.30. The molecule has 1 aliphatic rings. The van der Waals surface area contributed by atoms with Gasteiger partial charge in [0.1, 0.15) is 0 Å². The van der Waals surface area contributed by atoms with E-state index >= 15 is 0 Å². The number of carbonyl (C=O) groups excluding carboxylic acids is 1. The van der Waals surface area contributed by atoms with Crippen LogP contribution in [0.5, 0.6) is 0 Å². The van der Waals surface area contributed by atoms with Gasteiger partial charge in [-0.05, 0) is 41.3 Å². The number of amides is 1. The van der Waals surface area contributed by atoms with Crippen molar-refractivity contribution in [3.05, 3.63) is 126 Å². The largest absolute Gasteiger partial charge is 0.388 e. The standard InChI is InChI=1S/C35H41N5O/c1-36-31-18-10-9-17-29(31)25-30(26-34(41)38-33-20-12-11-19-32(33)37-2)39-21-23-40(24-22-39)35(27-13-5-3-6-14-27)28-15-7-4-8-16-28/h3-20,30,35-37H,21-26H2,1-2H3,(H,38,41). The van der Waals surface area contributed by atoms with E-state index in [0.29, 0.717) is 6.42 Å². The van der Waals surface area contributed by atoms with Crippen molar-refractivity contribution < 1.29 is 4.79 Å². The maximum absolute atomic E-state index is 13.4. The first-order chi connectivity index (χ1) is 20.2. The first-order valence-electron chi connectivity index (χ1n) is 14.6. The van der Waals surface area contributed by atoms with E-state index in [9.17, 15) is 4.79 Å². The molecule has 0 bridgehead atoms. The summed E-state index contributed by atoms with van der Waals surface area (Å²) in [5, 5.41) is 9.67. The van der Waals surface area contributed by atoms with Crippen molar-refractivity contribution in [3.8, 4) is 0 Å². The maximum atomic E-state index is 13.4. The molecule has 5 rings (SSSR count). The SMILES string of the molecule is CNc1ccccc1CC(CC(=O)Nc1ccccc1NC)N1CCN(C(c2ccccc2)c2ccccc2)CC1. The molecule has 1 atom stereocenters. The highest BCUT2D eigenvalue weighted by Crippen LogP contribution is 2.31. The zero-order valence-electron chi connectivity index (χ0n) is 24.1. The fourth-order valence-electron chi connectivity index (χ4n) is 6.00. The zero-order chi connectivity index (χ0) is 28.4. The van der Waals surface area contributed by atoms with Gasteiger partial charge in [-0.15, -0.1) is 0 Å². The minimum absolute atomic E-state index is 0.0357. The van der Waals surface area contributed by atoms with Crippen LogP contribution in [0.2, 0.25) is 0 Å². The number of anilines is 3. The molecule has 41 heavy (non-hydrogen) atoms. The fourth-order valence-corrected chi connectivity index (χ4v) is 6.00. The van der Waals surface area contributed by atoms with Gasteiger partial charge in [0.25, 0.3) is 0 Å². The van der Waals surface area contributed by atoms with Gasteiger partial charge in [-0.2, -0.15) is 0 Å². The van der Waals surface area contributed by atoms with E-state index in [1.165, 1.54) is 16.7 Å². The summed E-state index contributed by atoms with van der Waals surface area (Å²) < 4.78 is 0. The van der Waals surface area contributed by atoms with Crippen LogP contribution in [0, 0.1) is 0 Å². The Morgan fingerprint density at radius 2 is 1.12 bits per heavy atom. The number of nitrogens with one attached hydrogen (secondary N) is 3. The van der Waals surface area contributed by atoms with Crippen molar-refractivity contribution >= 4 is 23.0 Å². The molecule has 1 unspecified atom stereocenters. The number of piperazine rings is 1. The van der Waals surface area contributed by atoms with Crippen LogP contribution >= 0.6 is 0 Å². The lowest BCUT2D eigenvalue weighted by molar-refractivity contribution is -0.117. The van der Waals surface area contributed by atoms with Crippen molar-refractivity contribution in [2.75, 3.05) is 56.2 Å². The number of carbonyl (C=O) groups is 1. The second-order valence-electron chi connectivity index (χ2n) is 10.6. The van der Waals surface area contributed by atoms with Crippen LogP contribution in [0.25, 0.3) is 0 Å². The van der Waals surface area contributed by atoms with E-state index in [4.69, 9.17) is 0 Å². The summed E-state index contributed by atoms with van der Waals surface area (Å²) in [5.74, 6) is 0.0357. The van der Waals surface area contributed by atoms with Gasteiger partial charge in [0.05, 0.1) is 17.4 Å². The van der Waals surface area contributed by atoms with E-state index in [1.807, 2.05) is 38.4 Å². The van der Waals surface area contributed by atoms with Crippen LogP contribution in [-0.4, -0.2) is 62.0 Å². The molecule has 212 valence electrons. The Balaban J connectivity index is 1.34. The number of nitrogens with zero attached hydrogens (tertiary/aromatic N) is 2. The summed E-state index contributed by atoms with van der Waals surface area (Å²) in [5.41, 5.74) is 6.71. The van der Waals surface area contributed by atoms with Gasteiger partial charge in [-0.1, -0.05) is 91.0 Å². The van der Waals surface area contributed by atoms with E-state index in [1.54, 1.807) is 0 Å². The molecule has 0 radical (unpaired) electrons. The lowest BCUT2D eigenvalue weighted by Crippen LogP contribution is -2.52. The predicted molar refractivity (Wildman–Crippen MR) is 171 cm³/mol. The van der Waals surface area contributed by atoms with Gasteiger partial charge in [0.2, 0.25) is 5.91 Å². The quantitative estimate of drug-likeness (QED) is 0.211. The zero-order valence-corrected chi connectivity index (χ0v) is 24.1. The molecule has 0 spiro atoms. The number of hydrogen-bond acceptors (Lipinski definition) is 5. The Morgan fingerprint density at radius 3 is 1.71 bits per heavy atom. The second kappa shape index (κ2) is 14.0. The van der Waals surface area contributed by atoms with Crippen LogP contribution in [0.1, 0.15) is 29.2 Å². The van der Waals surface area contributed by atoms with Crippen LogP contribution in [0.4, 0.5) is 17.1 Å². The van der Waals surface area contributed by atoms with Crippen molar-refractivity contribution in [3.63, 3.8) is 0 Å². The minimum Gasteiger partial charge on any atom is -0.388 e. The lowest BCUT2D eigenvalue weighted by atomic mass is 9.95. The van der Waals surface area contributed by atoms with Crippen LogP contribution in [0.15, 0.2) is 109 Å². The number of para-hydroxylation sites is 3. The molecule has 1 aliphatic heterocycles. The average Bonchev–Trinajstić information content (AvgIpc) is 3.03. The van der Waals surface area contributed by atoms with Crippen molar-refractivity contribution in [1.29, 1.82) is 0 Å². The molecule has 3 N–H and O–H groups in total. The van der Waals surface area contributed by atoms with Crippen molar-refractivity contribution in [2.24, 2.45) is 0 Å². The molecule has 0 saturated carbocycles. The Labute approximate surface area is 244 Å². The second-order valence-corrected chi connectivity index (χ2v) is 10.6. The fraction of sp³-hybridized carbons (Fsp3) is 0.286. The van der Waals surface area contributed by atoms with E-state index in [-0.39, 0.29) is 18.0 Å². The maximum Gasteiger partial charge on any atom is 0.226 e. The Kier molecular flexibility index (Phi) is 9.68.